The van der Waals surface area contributed by atoms with Crippen LogP contribution in [0.5, 0.6) is 5.75 Å². The SMILES string of the molecule is COc1cc(C(C)C)cc(C(O)C(=O)O)c1. The number of hydrogen-bond acceptors (Lipinski definition) is 3. The number of rotatable bonds is 4. The van der Waals surface area contributed by atoms with Gasteiger partial charge in [0.15, 0.2) is 6.10 Å². The first-order valence-corrected chi connectivity index (χ1v) is 5.05. The van der Waals surface area contributed by atoms with Crippen LogP contribution in [0, 0.1) is 0 Å². The van der Waals surface area contributed by atoms with Crippen LogP contribution in [0.25, 0.3) is 0 Å². The normalized spacial score (nSPS) is 12.6. The van der Waals surface area contributed by atoms with Gasteiger partial charge in [0.2, 0.25) is 0 Å². The molecule has 1 rings (SSSR count). The Hall–Kier alpha value is -1.55. The smallest absolute Gasteiger partial charge is 0.337 e. The van der Waals surface area contributed by atoms with Gasteiger partial charge in [0.05, 0.1) is 7.11 Å². The number of aliphatic hydroxyl groups excluding tert-OH is 1. The fourth-order valence-corrected chi connectivity index (χ4v) is 1.40. The summed E-state index contributed by atoms with van der Waals surface area (Å²) in [6.45, 7) is 3.98. The summed E-state index contributed by atoms with van der Waals surface area (Å²) in [7, 11) is 1.51. The van der Waals surface area contributed by atoms with Crippen molar-refractivity contribution in [2.75, 3.05) is 7.11 Å². The Morgan fingerprint density at radius 2 is 1.81 bits per heavy atom. The average Bonchev–Trinajstić information content (AvgIpc) is 2.27. The molecule has 0 aliphatic rings. The van der Waals surface area contributed by atoms with Gasteiger partial charge in [-0.3, -0.25) is 0 Å². The summed E-state index contributed by atoms with van der Waals surface area (Å²) in [5, 5.41) is 18.2. The molecule has 1 unspecified atom stereocenters. The van der Waals surface area contributed by atoms with E-state index in [2.05, 4.69) is 0 Å². The Balaban J connectivity index is 3.18. The highest BCUT2D eigenvalue weighted by molar-refractivity contribution is 5.74. The van der Waals surface area contributed by atoms with Crippen LogP contribution in [-0.4, -0.2) is 23.3 Å². The Kier molecular flexibility index (Phi) is 3.90. The molecule has 0 amide bonds. The van der Waals surface area contributed by atoms with Gasteiger partial charge in [-0.1, -0.05) is 19.9 Å². The lowest BCUT2D eigenvalue weighted by Crippen LogP contribution is -2.11. The molecule has 0 saturated carbocycles. The van der Waals surface area contributed by atoms with Gasteiger partial charge in [-0.25, -0.2) is 4.79 Å². The summed E-state index contributed by atoms with van der Waals surface area (Å²) >= 11 is 0. The van der Waals surface area contributed by atoms with Crippen LogP contribution in [0.4, 0.5) is 0 Å². The molecule has 0 spiro atoms. The third-order valence-electron chi connectivity index (χ3n) is 2.40. The molecule has 1 aromatic rings. The topological polar surface area (TPSA) is 66.8 Å². The Morgan fingerprint density at radius 1 is 1.25 bits per heavy atom. The number of benzene rings is 1. The first kappa shape index (κ1) is 12.5. The van der Waals surface area contributed by atoms with E-state index >= 15 is 0 Å². The number of hydrogen-bond donors (Lipinski definition) is 2. The van der Waals surface area contributed by atoms with Crippen LogP contribution in [0.15, 0.2) is 18.2 Å². The second-order valence-corrected chi connectivity index (χ2v) is 3.93. The number of ether oxygens (including phenoxy) is 1. The summed E-state index contributed by atoms with van der Waals surface area (Å²) in [6, 6.07) is 5.05. The maximum absolute atomic E-state index is 10.7. The predicted octanol–water partition coefficient (Wildman–Crippen LogP) is 1.94. The zero-order chi connectivity index (χ0) is 12.3. The van der Waals surface area contributed by atoms with Crippen LogP contribution >= 0.6 is 0 Å². The zero-order valence-electron chi connectivity index (χ0n) is 9.60. The fourth-order valence-electron chi connectivity index (χ4n) is 1.40. The summed E-state index contributed by atoms with van der Waals surface area (Å²) in [5.41, 5.74) is 1.28. The molecule has 0 radical (unpaired) electrons. The van der Waals surface area contributed by atoms with E-state index in [-0.39, 0.29) is 5.92 Å². The lowest BCUT2D eigenvalue weighted by molar-refractivity contribution is -0.146. The van der Waals surface area contributed by atoms with E-state index in [1.807, 2.05) is 19.9 Å². The molecule has 0 aliphatic carbocycles. The van der Waals surface area contributed by atoms with Crippen LogP contribution in [0.3, 0.4) is 0 Å². The molecule has 0 aromatic heterocycles. The predicted molar refractivity (Wildman–Crippen MR) is 59.7 cm³/mol. The van der Waals surface area contributed by atoms with Crippen molar-refractivity contribution in [3.05, 3.63) is 29.3 Å². The van der Waals surface area contributed by atoms with Crippen molar-refractivity contribution in [1.29, 1.82) is 0 Å². The van der Waals surface area contributed by atoms with Crippen molar-refractivity contribution < 1.29 is 19.7 Å². The number of carbonyl (C=O) groups is 1. The minimum Gasteiger partial charge on any atom is -0.497 e. The van der Waals surface area contributed by atoms with Gasteiger partial charge >= 0.3 is 5.97 Å². The molecule has 0 aliphatic heterocycles. The van der Waals surface area contributed by atoms with Gasteiger partial charge in [-0.2, -0.15) is 0 Å². The number of aliphatic carboxylic acids is 1. The standard InChI is InChI=1S/C12H16O4/c1-7(2)8-4-9(11(13)12(14)15)6-10(5-8)16-3/h4-7,11,13H,1-3H3,(H,14,15). The number of aliphatic hydroxyl groups is 1. The minimum atomic E-state index is -1.51. The van der Waals surface area contributed by atoms with E-state index in [0.717, 1.165) is 5.56 Å². The van der Waals surface area contributed by atoms with E-state index in [0.29, 0.717) is 11.3 Å². The van der Waals surface area contributed by atoms with E-state index < -0.39 is 12.1 Å². The Labute approximate surface area is 94.5 Å². The molecule has 0 heterocycles. The van der Waals surface area contributed by atoms with Gasteiger partial charge in [-0.15, -0.1) is 0 Å². The third kappa shape index (κ3) is 2.73. The molecule has 0 saturated heterocycles. The first-order chi connectivity index (χ1) is 7.45. The lowest BCUT2D eigenvalue weighted by atomic mass is 9.98. The van der Waals surface area contributed by atoms with Crippen molar-refractivity contribution in [2.45, 2.75) is 25.9 Å². The third-order valence-corrected chi connectivity index (χ3v) is 2.40. The van der Waals surface area contributed by atoms with Crippen LogP contribution in [-0.2, 0) is 4.79 Å². The Morgan fingerprint density at radius 3 is 2.25 bits per heavy atom. The van der Waals surface area contributed by atoms with Crippen molar-refractivity contribution in [1.82, 2.24) is 0 Å². The molecule has 2 N–H and O–H groups in total. The first-order valence-electron chi connectivity index (χ1n) is 5.05. The zero-order valence-corrected chi connectivity index (χ0v) is 9.60. The quantitative estimate of drug-likeness (QED) is 0.820. The second kappa shape index (κ2) is 4.99. The molecule has 0 bridgehead atoms. The van der Waals surface area contributed by atoms with Gasteiger partial charge in [0, 0.05) is 0 Å². The van der Waals surface area contributed by atoms with Crippen molar-refractivity contribution in [3.8, 4) is 5.75 Å². The molecular formula is C12H16O4. The molecule has 4 nitrogen and oxygen atoms in total. The van der Waals surface area contributed by atoms with E-state index in [9.17, 15) is 9.90 Å². The van der Waals surface area contributed by atoms with E-state index in [1.54, 1.807) is 6.07 Å². The highest BCUT2D eigenvalue weighted by atomic mass is 16.5. The number of methoxy groups -OCH3 is 1. The van der Waals surface area contributed by atoms with Gasteiger partial charge in [-0.05, 0) is 29.2 Å². The van der Waals surface area contributed by atoms with Crippen molar-refractivity contribution in [2.24, 2.45) is 0 Å². The van der Waals surface area contributed by atoms with Crippen molar-refractivity contribution in [3.63, 3.8) is 0 Å². The second-order valence-electron chi connectivity index (χ2n) is 3.93. The van der Waals surface area contributed by atoms with Crippen molar-refractivity contribution >= 4 is 5.97 Å². The number of carboxylic acids is 1. The molecule has 1 aromatic carbocycles. The van der Waals surface area contributed by atoms with E-state index in [4.69, 9.17) is 9.84 Å². The molecule has 4 heteroatoms. The van der Waals surface area contributed by atoms with Crippen LogP contribution in [0.2, 0.25) is 0 Å². The number of carboxylic acid groups (broad SMARTS) is 1. The maximum atomic E-state index is 10.7. The minimum absolute atomic E-state index is 0.245. The highest BCUT2D eigenvalue weighted by Gasteiger charge is 2.18. The maximum Gasteiger partial charge on any atom is 0.337 e. The molecular weight excluding hydrogens is 208 g/mol. The van der Waals surface area contributed by atoms with Crippen LogP contribution < -0.4 is 4.74 Å². The fraction of sp³-hybridized carbons (Fsp3) is 0.417. The summed E-state index contributed by atoms with van der Waals surface area (Å²) < 4.78 is 5.07. The molecule has 1 atom stereocenters. The van der Waals surface area contributed by atoms with Gasteiger partial charge in [0.25, 0.3) is 0 Å². The monoisotopic (exact) mass is 224 g/mol. The molecule has 16 heavy (non-hydrogen) atoms. The summed E-state index contributed by atoms with van der Waals surface area (Å²) in [5.74, 6) is -0.459. The summed E-state index contributed by atoms with van der Waals surface area (Å²) in [4.78, 5) is 10.7. The van der Waals surface area contributed by atoms with E-state index in [1.165, 1.54) is 13.2 Å². The highest BCUT2D eigenvalue weighted by Crippen LogP contribution is 2.26. The average molecular weight is 224 g/mol. The Bertz CT molecular complexity index is 385. The summed E-state index contributed by atoms with van der Waals surface area (Å²) in [6.07, 6.45) is -1.51. The van der Waals surface area contributed by atoms with Gasteiger partial charge < -0.3 is 14.9 Å². The van der Waals surface area contributed by atoms with Gasteiger partial charge in [0.1, 0.15) is 5.75 Å². The molecule has 0 fully saturated rings. The largest absolute Gasteiger partial charge is 0.497 e. The lowest BCUT2D eigenvalue weighted by Gasteiger charge is -2.13. The van der Waals surface area contributed by atoms with Crippen LogP contribution in [0.1, 0.15) is 37.0 Å². The molecule has 88 valence electrons.